The minimum absolute atomic E-state index is 0.0310. The van der Waals surface area contributed by atoms with E-state index in [0.29, 0.717) is 27.8 Å². The van der Waals surface area contributed by atoms with Crippen LogP contribution >= 0.6 is 11.6 Å². The highest BCUT2D eigenvalue weighted by atomic mass is 35.5. The van der Waals surface area contributed by atoms with Gasteiger partial charge in [0.1, 0.15) is 12.3 Å². The summed E-state index contributed by atoms with van der Waals surface area (Å²) in [5, 5.41) is 13.9. The lowest BCUT2D eigenvalue weighted by Gasteiger charge is -2.19. The van der Waals surface area contributed by atoms with E-state index in [-0.39, 0.29) is 12.4 Å². The fourth-order valence-corrected chi connectivity index (χ4v) is 3.75. The summed E-state index contributed by atoms with van der Waals surface area (Å²) in [4.78, 5) is 31.4. The van der Waals surface area contributed by atoms with Crippen LogP contribution in [0.3, 0.4) is 0 Å². The van der Waals surface area contributed by atoms with Gasteiger partial charge in [-0.2, -0.15) is 10.1 Å². The van der Waals surface area contributed by atoms with Crippen LogP contribution in [-0.4, -0.2) is 46.2 Å². The largest absolute Gasteiger partial charge is 0.497 e. The van der Waals surface area contributed by atoms with Gasteiger partial charge < -0.3 is 9.26 Å². The van der Waals surface area contributed by atoms with Crippen molar-refractivity contribution in [3.05, 3.63) is 59.4 Å². The van der Waals surface area contributed by atoms with Crippen LogP contribution in [0.2, 0.25) is 5.02 Å². The fourth-order valence-electron chi connectivity index (χ4n) is 3.56. The van der Waals surface area contributed by atoms with Crippen molar-refractivity contribution in [3.63, 3.8) is 0 Å². The highest BCUT2D eigenvalue weighted by molar-refractivity contribution is 6.30. The molecule has 1 saturated heterocycles. The van der Waals surface area contributed by atoms with Gasteiger partial charge in [0.25, 0.3) is 11.8 Å². The number of nitrogens with zero attached hydrogens (tertiary/aromatic N) is 6. The van der Waals surface area contributed by atoms with E-state index in [4.69, 9.17) is 20.9 Å². The first-order chi connectivity index (χ1) is 15.0. The van der Waals surface area contributed by atoms with Crippen molar-refractivity contribution in [2.75, 3.05) is 12.0 Å². The maximum Gasteiger partial charge on any atom is 0.263 e. The first-order valence-electron chi connectivity index (χ1n) is 9.33. The van der Waals surface area contributed by atoms with Gasteiger partial charge in [0.2, 0.25) is 11.7 Å². The molecule has 1 fully saturated rings. The van der Waals surface area contributed by atoms with E-state index in [1.165, 1.54) is 12.1 Å². The van der Waals surface area contributed by atoms with Gasteiger partial charge in [-0.25, -0.2) is 4.90 Å². The predicted octanol–water partition coefficient (Wildman–Crippen LogP) is 2.89. The molecule has 3 aromatic rings. The quantitative estimate of drug-likeness (QED) is 0.562. The molecule has 2 aliphatic heterocycles. The smallest absolute Gasteiger partial charge is 0.263 e. The van der Waals surface area contributed by atoms with E-state index >= 15 is 0 Å². The summed E-state index contributed by atoms with van der Waals surface area (Å²) >= 11 is 6.01. The SMILES string of the molecule is COc1cccc(N2C(=O)[C@@H]3[C@@H](N=NN3Cc3nc(-c4cccc(Cl)c4)no3)C2=O)c1. The van der Waals surface area contributed by atoms with E-state index in [1.54, 1.807) is 48.5 Å². The molecule has 2 aliphatic rings. The molecule has 0 aliphatic carbocycles. The molecule has 11 heteroatoms. The molecule has 0 N–H and O–H groups in total. The van der Waals surface area contributed by atoms with Gasteiger partial charge in [-0.1, -0.05) is 40.2 Å². The Balaban J connectivity index is 1.37. The highest BCUT2D eigenvalue weighted by Gasteiger charge is 2.55. The lowest BCUT2D eigenvalue weighted by Crippen LogP contribution is -2.39. The summed E-state index contributed by atoms with van der Waals surface area (Å²) in [7, 11) is 1.51. The van der Waals surface area contributed by atoms with Gasteiger partial charge in [0.05, 0.1) is 12.8 Å². The van der Waals surface area contributed by atoms with Crippen LogP contribution < -0.4 is 9.64 Å². The van der Waals surface area contributed by atoms with Gasteiger partial charge >= 0.3 is 0 Å². The lowest BCUT2D eigenvalue weighted by atomic mass is 10.1. The first-order valence-corrected chi connectivity index (χ1v) is 9.71. The van der Waals surface area contributed by atoms with Crippen LogP contribution in [0.25, 0.3) is 11.4 Å². The molecule has 2 atom stereocenters. The molecular formula is C20H15ClN6O4. The van der Waals surface area contributed by atoms with Crippen molar-refractivity contribution < 1.29 is 18.8 Å². The second-order valence-electron chi connectivity index (χ2n) is 6.93. The molecule has 1 aromatic heterocycles. The number of halogens is 1. The Hall–Kier alpha value is -3.79. The zero-order valence-corrected chi connectivity index (χ0v) is 16.9. The summed E-state index contributed by atoms with van der Waals surface area (Å²) in [5.74, 6) is 0.252. The number of rotatable bonds is 5. The number of hydrogen-bond acceptors (Lipinski definition) is 9. The van der Waals surface area contributed by atoms with Crippen LogP contribution in [0.5, 0.6) is 5.75 Å². The molecule has 5 rings (SSSR count). The van der Waals surface area contributed by atoms with Crippen molar-refractivity contribution in [1.82, 2.24) is 15.1 Å². The molecule has 31 heavy (non-hydrogen) atoms. The van der Waals surface area contributed by atoms with Crippen LogP contribution in [0, 0.1) is 0 Å². The number of methoxy groups -OCH3 is 1. The first kappa shape index (κ1) is 19.2. The monoisotopic (exact) mass is 438 g/mol. The molecule has 0 bridgehead atoms. The zero-order valence-electron chi connectivity index (χ0n) is 16.2. The van der Waals surface area contributed by atoms with Crippen molar-refractivity contribution in [2.45, 2.75) is 18.6 Å². The third-order valence-corrected chi connectivity index (χ3v) is 5.25. The number of anilines is 1. The highest BCUT2D eigenvalue weighted by Crippen LogP contribution is 2.34. The van der Waals surface area contributed by atoms with Crippen molar-refractivity contribution in [2.24, 2.45) is 10.3 Å². The number of ether oxygens (including phenoxy) is 1. The van der Waals surface area contributed by atoms with Crippen LogP contribution in [0.4, 0.5) is 5.69 Å². The van der Waals surface area contributed by atoms with E-state index < -0.39 is 23.9 Å². The molecule has 0 saturated carbocycles. The topological polar surface area (TPSA) is 113 Å². The van der Waals surface area contributed by atoms with Gasteiger partial charge in [-0.05, 0) is 24.3 Å². The number of aromatic nitrogens is 2. The molecule has 2 aromatic carbocycles. The maximum absolute atomic E-state index is 13.1. The second-order valence-corrected chi connectivity index (χ2v) is 7.36. The number of amides is 2. The summed E-state index contributed by atoms with van der Waals surface area (Å²) in [6, 6.07) is 12.0. The molecule has 0 radical (unpaired) electrons. The van der Waals surface area contributed by atoms with Gasteiger partial charge in [0.15, 0.2) is 12.1 Å². The Labute approximate surface area is 181 Å². The van der Waals surface area contributed by atoms with Gasteiger partial charge in [-0.3, -0.25) is 14.6 Å². The predicted molar refractivity (Wildman–Crippen MR) is 108 cm³/mol. The molecular weight excluding hydrogens is 424 g/mol. The Morgan fingerprint density at radius 1 is 1.13 bits per heavy atom. The molecule has 156 valence electrons. The molecule has 2 amide bonds. The number of hydrogen-bond donors (Lipinski definition) is 0. The van der Waals surface area contributed by atoms with E-state index in [9.17, 15) is 9.59 Å². The maximum atomic E-state index is 13.1. The van der Waals surface area contributed by atoms with Crippen molar-refractivity contribution >= 4 is 29.1 Å². The Kier molecular flexibility index (Phi) is 4.63. The van der Waals surface area contributed by atoms with Gasteiger partial charge in [0, 0.05) is 16.7 Å². The van der Waals surface area contributed by atoms with Crippen LogP contribution in [0.15, 0.2) is 63.4 Å². The number of carbonyl (C=O) groups is 2. The molecule has 3 heterocycles. The minimum atomic E-state index is -0.922. The summed E-state index contributed by atoms with van der Waals surface area (Å²) < 4.78 is 10.5. The minimum Gasteiger partial charge on any atom is -0.497 e. The van der Waals surface area contributed by atoms with E-state index in [1.807, 2.05) is 0 Å². The van der Waals surface area contributed by atoms with E-state index in [0.717, 1.165) is 4.90 Å². The summed E-state index contributed by atoms with van der Waals surface area (Å²) in [6.07, 6.45) is 0. The Bertz CT molecular complexity index is 1210. The second kappa shape index (κ2) is 7.47. The standard InChI is InChI=1S/C20H15ClN6O4/c1-30-14-7-3-6-13(9-14)27-19(28)16-17(20(27)29)26(25-23-16)10-15-22-18(24-31-15)11-4-2-5-12(21)8-11/h2-9,16-17H,10H2,1H3/t16-,17+/m1/s1. The molecule has 0 unspecified atom stereocenters. The third-order valence-electron chi connectivity index (χ3n) is 5.02. The van der Waals surface area contributed by atoms with Crippen LogP contribution in [-0.2, 0) is 16.1 Å². The Morgan fingerprint density at radius 3 is 2.77 bits per heavy atom. The fraction of sp³-hybridized carbons (Fsp3) is 0.200. The van der Waals surface area contributed by atoms with Crippen molar-refractivity contribution in [1.29, 1.82) is 0 Å². The summed E-state index contributed by atoms with van der Waals surface area (Å²) in [6.45, 7) is 0.0310. The lowest BCUT2D eigenvalue weighted by molar-refractivity contribution is -0.123. The summed E-state index contributed by atoms with van der Waals surface area (Å²) in [5.41, 5.74) is 1.11. The average Bonchev–Trinajstić information content (AvgIpc) is 3.47. The molecule has 0 spiro atoms. The number of benzene rings is 2. The number of carbonyl (C=O) groups excluding carboxylic acids is 2. The molecule has 10 nitrogen and oxygen atoms in total. The van der Waals surface area contributed by atoms with Crippen molar-refractivity contribution in [3.8, 4) is 17.1 Å². The third kappa shape index (κ3) is 3.30. The average molecular weight is 439 g/mol. The van der Waals surface area contributed by atoms with E-state index in [2.05, 4.69) is 20.5 Å². The van der Waals surface area contributed by atoms with Gasteiger partial charge in [-0.15, -0.1) is 0 Å². The zero-order chi connectivity index (χ0) is 21.5. The number of imide groups is 1. The number of fused-ring (bicyclic) bond motifs is 1. The Morgan fingerprint density at radius 2 is 1.97 bits per heavy atom. The van der Waals surface area contributed by atoms with Crippen LogP contribution in [0.1, 0.15) is 5.89 Å². The normalized spacial score (nSPS) is 19.9.